The zero-order valence-corrected chi connectivity index (χ0v) is 25.0. The van der Waals surface area contributed by atoms with Gasteiger partial charge >= 0.3 is 0 Å². The summed E-state index contributed by atoms with van der Waals surface area (Å²) in [5.41, 5.74) is 1.07. The molecule has 236 valence electrons. The Morgan fingerprint density at radius 2 is 1.43 bits per heavy atom. The van der Waals surface area contributed by atoms with Crippen LogP contribution in [0.25, 0.3) is 0 Å². The molecule has 6 N–H and O–H groups in total. The molecule has 6 amide bonds. The number of carbonyl (C=O) groups excluding carboxylic acids is 6. The highest BCUT2D eigenvalue weighted by Gasteiger charge is 2.31. The number of nitrogens with zero attached hydrogens (tertiary/aromatic N) is 1. The van der Waals surface area contributed by atoms with Gasteiger partial charge in [-0.3, -0.25) is 28.8 Å². The molecule has 13 heteroatoms. The van der Waals surface area contributed by atoms with Crippen LogP contribution in [0.4, 0.5) is 0 Å². The molecule has 0 aliphatic carbocycles. The van der Waals surface area contributed by atoms with E-state index < -0.39 is 72.8 Å². The van der Waals surface area contributed by atoms with E-state index in [0.29, 0.717) is 5.56 Å². The first-order valence-corrected chi connectivity index (χ1v) is 14.5. The van der Waals surface area contributed by atoms with Gasteiger partial charge in [-0.1, -0.05) is 62.4 Å². The fourth-order valence-corrected chi connectivity index (χ4v) is 4.57. The van der Waals surface area contributed by atoms with Gasteiger partial charge in [0.1, 0.15) is 24.2 Å². The Labute approximate surface area is 256 Å². The molecule has 2 aromatic rings. The highest BCUT2D eigenvalue weighted by molar-refractivity contribution is 5.98. The predicted octanol–water partition coefficient (Wildman–Crippen LogP) is -0.891. The molecular weight excluding hydrogens is 568 g/mol. The molecule has 4 atom stereocenters. The number of carbonyl (C=O) groups is 6. The maximum atomic E-state index is 13.4. The second-order valence-electron chi connectivity index (χ2n) is 10.9. The van der Waals surface area contributed by atoms with Gasteiger partial charge in [-0.15, -0.1) is 0 Å². The van der Waals surface area contributed by atoms with E-state index in [2.05, 4.69) is 26.6 Å². The minimum absolute atomic E-state index is 0.0518. The largest absolute Gasteiger partial charge is 0.394 e. The van der Waals surface area contributed by atoms with Crippen molar-refractivity contribution in [3.63, 3.8) is 0 Å². The maximum Gasteiger partial charge on any atom is 0.254 e. The summed E-state index contributed by atoms with van der Waals surface area (Å²) in [6, 6.07) is 12.6. The Balaban J connectivity index is 1.92. The quantitative estimate of drug-likeness (QED) is 0.254. The van der Waals surface area contributed by atoms with E-state index in [4.69, 9.17) is 0 Å². The van der Waals surface area contributed by atoms with Crippen LogP contribution in [0.2, 0.25) is 0 Å². The van der Waals surface area contributed by atoms with Gasteiger partial charge in [0.05, 0.1) is 13.2 Å². The third kappa shape index (κ3) is 9.63. The smallest absolute Gasteiger partial charge is 0.254 e. The Morgan fingerprint density at radius 3 is 2.05 bits per heavy atom. The molecule has 1 aliphatic heterocycles. The summed E-state index contributed by atoms with van der Waals surface area (Å²) in [5.74, 6) is -4.21. The van der Waals surface area contributed by atoms with Gasteiger partial charge < -0.3 is 36.6 Å². The summed E-state index contributed by atoms with van der Waals surface area (Å²) in [5, 5.41) is 22.8. The van der Waals surface area contributed by atoms with Crippen LogP contribution in [0, 0.1) is 5.92 Å². The Kier molecular flexibility index (Phi) is 12.4. The lowest BCUT2D eigenvalue weighted by molar-refractivity contribution is -0.135. The van der Waals surface area contributed by atoms with Gasteiger partial charge in [0.25, 0.3) is 5.91 Å². The van der Waals surface area contributed by atoms with Crippen LogP contribution in [-0.4, -0.2) is 95.9 Å². The summed E-state index contributed by atoms with van der Waals surface area (Å²) >= 11 is 0. The number of rotatable bonds is 5. The van der Waals surface area contributed by atoms with E-state index in [1.165, 1.54) is 11.8 Å². The number of benzene rings is 2. The van der Waals surface area contributed by atoms with E-state index >= 15 is 0 Å². The number of aliphatic hydroxyl groups excluding tert-OH is 1. The molecule has 0 bridgehead atoms. The second-order valence-corrected chi connectivity index (χ2v) is 10.9. The summed E-state index contributed by atoms with van der Waals surface area (Å²) in [6.07, 6.45) is 0.0998. The minimum atomic E-state index is -1.41. The molecule has 0 unspecified atom stereocenters. The summed E-state index contributed by atoms with van der Waals surface area (Å²) in [6.45, 7) is 3.53. The van der Waals surface area contributed by atoms with Crippen LogP contribution in [0.15, 0.2) is 60.7 Å². The molecule has 2 aromatic carbocycles. The fourth-order valence-electron chi connectivity index (χ4n) is 4.57. The molecule has 3 rings (SSSR count). The molecule has 13 nitrogen and oxygen atoms in total. The predicted molar refractivity (Wildman–Crippen MR) is 161 cm³/mol. The third-order valence-corrected chi connectivity index (χ3v) is 7.07. The maximum absolute atomic E-state index is 13.4. The molecule has 0 radical (unpaired) electrons. The fraction of sp³-hybridized carbons (Fsp3) is 0.419. The van der Waals surface area contributed by atoms with Crippen molar-refractivity contribution in [3.05, 3.63) is 71.8 Å². The second kappa shape index (κ2) is 16.2. The van der Waals surface area contributed by atoms with Crippen molar-refractivity contribution in [1.29, 1.82) is 0 Å². The number of hydrogen-bond donors (Lipinski definition) is 6. The molecule has 1 aliphatic rings. The van der Waals surface area contributed by atoms with Gasteiger partial charge in [0, 0.05) is 25.1 Å². The number of aliphatic hydroxyl groups is 1. The van der Waals surface area contributed by atoms with Crippen LogP contribution in [0.3, 0.4) is 0 Å². The zero-order chi connectivity index (χ0) is 32.2. The lowest BCUT2D eigenvalue weighted by atomic mass is 10.0. The van der Waals surface area contributed by atoms with Crippen molar-refractivity contribution in [1.82, 2.24) is 31.5 Å². The van der Waals surface area contributed by atoms with E-state index in [0.717, 1.165) is 5.56 Å². The molecule has 1 fully saturated rings. The molecule has 0 aromatic heterocycles. The minimum Gasteiger partial charge on any atom is -0.394 e. The number of amides is 6. The van der Waals surface area contributed by atoms with Crippen molar-refractivity contribution < 1.29 is 33.9 Å². The van der Waals surface area contributed by atoms with Gasteiger partial charge in [-0.2, -0.15) is 0 Å². The average Bonchev–Trinajstić information content (AvgIpc) is 3.01. The Bertz CT molecular complexity index is 1320. The average molecular weight is 609 g/mol. The van der Waals surface area contributed by atoms with Crippen molar-refractivity contribution in [2.24, 2.45) is 5.92 Å². The molecular formula is C31H40N6O7. The van der Waals surface area contributed by atoms with Crippen LogP contribution in [0.1, 0.15) is 36.7 Å². The van der Waals surface area contributed by atoms with Gasteiger partial charge in [-0.25, -0.2) is 0 Å². The highest BCUT2D eigenvalue weighted by Crippen LogP contribution is 2.08. The summed E-state index contributed by atoms with van der Waals surface area (Å²) in [4.78, 5) is 80.2. The first-order chi connectivity index (χ1) is 21.0. The molecule has 1 saturated heterocycles. The van der Waals surface area contributed by atoms with Crippen molar-refractivity contribution in [3.8, 4) is 0 Å². The molecule has 0 spiro atoms. The van der Waals surface area contributed by atoms with E-state index in [9.17, 15) is 33.9 Å². The van der Waals surface area contributed by atoms with Crippen LogP contribution >= 0.6 is 0 Å². The summed E-state index contributed by atoms with van der Waals surface area (Å²) in [7, 11) is 0. The topological polar surface area (TPSA) is 186 Å². The number of hydrogen-bond acceptors (Lipinski definition) is 7. The zero-order valence-electron chi connectivity index (χ0n) is 25.0. The van der Waals surface area contributed by atoms with Crippen molar-refractivity contribution in [2.45, 2.75) is 51.4 Å². The third-order valence-electron chi connectivity index (χ3n) is 7.07. The van der Waals surface area contributed by atoms with E-state index in [-0.39, 0.29) is 25.4 Å². The van der Waals surface area contributed by atoms with Gasteiger partial charge in [0.2, 0.25) is 29.5 Å². The van der Waals surface area contributed by atoms with Crippen molar-refractivity contribution >= 4 is 35.4 Å². The van der Waals surface area contributed by atoms with Gasteiger partial charge in [-0.05, 0) is 30.5 Å². The highest BCUT2D eigenvalue weighted by atomic mass is 16.3. The SMILES string of the molecule is CC(C)[C@H]1NC(=O)CN(C(=O)c2ccccc2)CCNC(=O)[C@@H](Cc2ccccc2)NC(=O)[C@H](CO)NC(=O)[C@H](C)NC1=O. The first kappa shape index (κ1) is 33.7. The monoisotopic (exact) mass is 608 g/mol. The van der Waals surface area contributed by atoms with E-state index in [1.807, 2.05) is 0 Å². The Hall–Kier alpha value is -4.78. The Morgan fingerprint density at radius 1 is 0.818 bits per heavy atom. The lowest BCUT2D eigenvalue weighted by Gasteiger charge is -2.28. The standard InChI is InChI=1S/C31H40N6O7/c1-19(2)26-30(43)33-20(3)27(40)35-24(18-38)29(42)34-23(16-21-10-6-4-7-11-21)28(41)32-14-15-37(17-25(39)36-26)31(44)22-12-8-5-9-13-22/h4-13,19-20,23-24,26,38H,14-18H2,1-3H3,(H,32,41)(H,33,43)(H,34,42)(H,35,40)(H,36,39)/t20-,23+,24-,26+/m0/s1. The normalized spacial score (nSPS) is 22.9. The van der Waals surface area contributed by atoms with Gasteiger partial charge in [0.15, 0.2) is 0 Å². The molecule has 1 heterocycles. The van der Waals surface area contributed by atoms with Crippen LogP contribution in [0.5, 0.6) is 0 Å². The van der Waals surface area contributed by atoms with Crippen LogP contribution in [-0.2, 0) is 30.4 Å². The molecule has 44 heavy (non-hydrogen) atoms. The lowest BCUT2D eigenvalue weighted by Crippen LogP contribution is -2.60. The van der Waals surface area contributed by atoms with Crippen LogP contribution < -0.4 is 26.6 Å². The molecule has 0 saturated carbocycles. The van der Waals surface area contributed by atoms with Crippen molar-refractivity contribution in [2.75, 3.05) is 26.2 Å². The van der Waals surface area contributed by atoms with E-state index in [1.54, 1.807) is 74.5 Å². The first-order valence-electron chi connectivity index (χ1n) is 14.5. The number of nitrogens with one attached hydrogen (secondary N) is 5. The summed E-state index contributed by atoms with van der Waals surface area (Å²) < 4.78 is 0.